The fraction of sp³-hybridized carbons (Fsp3) is 0.389. The number of ether oxygens (including phenoxy) is 1. The van der Waals surface area contributed by atoms with Gasteiger partial charge >= 0.3 is 6.09 Å². The van der Waals surface area contributed by atoms with Crippen LogP contribution >= 0.6 is 0 Å². The summed E-state index contributed by atoms with van der Waals surface area (Å²) >= 11 is 0. The molecule has 2 aromatic rings. The Kier molecular flexibility index (Phi) is 5.80. The molecule has 2 heterocycles. The van der Waals surface area contributed by atoms with Crippen LogP contribution in [-0.2, 0) is 4.74 Å². The van der Waals surface area contributed by atoms with Gasteiger partial charge in [0, 0.05) is 37.4 Å². The zero-order chi connectivity index (χ0) is 19.2. The van der Waals surface area contributed by atoms with Gasteiger partial charge in [-0.1, -0.05) is 12.1 Å². The normalized spacial score (nSPS) is 14.0. The van der Waals surface area contributed by atoms with E-state index in [2.05, 4.69) is 20.5 Å². The molecular weight excluding hydrogens is 348 g/mol. The average molecular weight is 370 g/mol. The van der Waals surface area contributed by atoms with Crippen molar-refractivity contribution >= 4 is 29.3 Å². The molecule has 0 saturated carbocycles. The molecule has 9 heteroatoms. The SMILES string of the molecule is CCOC(=O)N1CCN(c2cnnc(Nc3cccc(C(C)=O)c3)n2)CC1. The second kappa shape index (κ2) is 8.43. The van der Waals surface area contributed by atoms with E-state index in [-0.39, 0.29) is 11.9 Å². The van der Waals surface area contributed by atoms with E-state index in [0.717, 1.165) is 0 Å². The maximum atomic E-state index is 11.8. The maximum absolute atomic E-state index is 11.8. The second-order valence-corrected chi connectivity index (χ2v) is 6.07. The lowest BCUT2D eigenvalue weighted by Gasteiger charge is -2.34. The van der Waals surface area contributed by atoms with Crippen molar-refractivity contribution in [2.45, 2.75) is 13.8 Å². The molecule has 1 saturated heterocycles. The Bertz CT molecular complexity index is 820. The first-order valence-electron chi connectivity index (χ1n) is 8.81. The van der Waals surface area contributed by atoms with Crippen LogP contribution in [0.4, 0.5) is 22.2 Å². The van der Waals surface area contributed by atoms with E-state index in [1.807, 2.05) is 11.0 Å². The molecule has 1 N–H and O–H groups in total. The summed E-state index contributed by atoms with van der Waals surface area (Å²) in [7, 11) is 0. The quantitative estimate of drug-likeness (QED) is 0.799. The molecule has 0 aliphatic carbocycles. The van der Waals surface area contributed by atoms with Gasteiger partial charge in [-0.05, 0) is 26.0 Å². The van der Waals surface area contributed by atoms with Gasteiger partial charge in [-0.3, -0.25) is 4.79 Å². The lowest BCUT2D eigenvalue weighted by molar-refractivity contribution is 0.101. The fourth-order valence-electron chi connectivity index (χ4n) is 2.78. The van der Waals surface area contributed by atoms with Crippen molar-refractivity contribution in [3.8, 4) is 0 Å². The van der Waals surface area contributed by atoms with E-state index in [9.17, 15) is 9.59 Å². The Labute approximate surface area is 157 Å². The molecule has 0 bridgehead atoms. The lowest BCUT2D eigenvalue weighted by atomic mass is 10.1. The molecule has 0 spiro atoms. The molecule has 1 fully saturated rings. The Hall–Kier alpha value is -3.23. The minimum atomic E-state index is -0.286. The highest BCUT2D eigenvalue weighted by Gasteiger charge is 2.23. The zero-order valence-electron chi connectivity index (χ0n) is 15.4. The molecule has 27 heavy (non-hydrogen) atoms. The predicted octanol–water partition coefficient (Wildman–Crippen LogP) is 2.10. The van der Waals surface area contributed by atoms with Gasteiger partial charge in [0.15, 0.2) is 11.6 Å². The van der Waals surface area contributed by atoms with Gasteiger partial charge in [0.2, 0.25) is 5.95 Å². The first-order valence-corrected chi connectivity index (χ1v) is 8.81. The average Bonchev–Trinajstić information content (AvgIpc) is 2.69. The number of piperazine rings is 1. The first-order chi connectivity index (χ1) is 13.1. The van der Waals surface area contributed by atoms with E-state index in [4.69, 9.17) is 4.74 Å². The Morgan fingerprint density at radius 1 is 1.22 bits per heavy atom. The lowest BCUT2D eigenvalue weighted by Crippen LogP contribution is -2.49. The highest BCUT2D eigenvalue weighted by Crippen LogP contribution is 2.18. The molecule has 9 nitrogen and oxygen atoms in total. The van der Waals surface area contributed by atoms with Crippen molar-refractivity contribution in [2.75, 3.05) is 43.0 Å². The van der Waals surface area contributed by atoms with Crippen LogP contribution in [0.1, 0.15) is 24.2 Å². The minimum Gasteiger partial charge on any atom is -0.450 e. The van der Waals surface area contributed by atoms with Crippen molar-refractivity contribution in [1.29, 1.82) is 0 Å². The molecule has 1 amide bonds. The molecule has 0 radical (unpaired) electrons. The highest BCUT2D eigenvalue weighted by molar-refractivity contribution is 5.95. The summed E-state index contributed by atoms with van der Waals surface area (Å²) in [5.41, 5.74) is 1.33. The summed E-state index contributed by atoms with van der Waals surface area (Å²) < 4.78 is 5.03. The number of aromatic nitrogens is 3. The molecule has 1 aliphatic heterocycles. The summed E-state index contributed by atoms with van der Waals surface area (Å²) in [6.07, 6.45) is 1.31. The van der Waals surface area contributed by atoms with Crippen LogP contribution in [-0.4, -0.2) is 64.7 Å². The molecule has 3 rings (SSSR count). The number of hydrogen-bond donors (Lipinski definition) is 1. The fourth-order valence-corrected chi connectivity index (χ4v) is 2.78. The van der Waals surface area contributed by atoms with Crippen LogP contribution in [0.15, 0.2) is 30.5 Å². The van der Waals surface area contributed by atoms with E-state index in [1.165, 1.54) is 6.92 Å². The molecule has 142 valence electrons. The van der Waals surface area contributed by atoms with Crippen molar-refractivity contribution in [2.24, 2.45) is 0 Å². The van der Waals surface area contributed by atoms with Gasteiger partial charge in [-0.15, -0.1) is 5.10 Å². The van der Waals surface area contributed by atoms with Crippen molar-refractivity contribution in [3.63, 3.8) is 0 Å². The van der Waals surface area contributed by atoms with Crippen LogP contribution in [0.5, 0.6) is 0 Å². The summed E-state index contributed by atoms with van der Waals surface area (Å²) in [4.78, 5) is 31.5. The molecule has 1 aromatic heterocycles. The Balaban J connectivity index is 1.65. The summed E-state index contributed by atoms with van der Waals surface area (Å²) in [6.45, 7) is 6.08. The van der Waals surface area contributed by atoms with E-state index < -0.39 is 0 Å². The van der Waals surface area contributed by atoms with Crippen molar-refractivity contribution in [3.05, 3.63) is 36.0 Å². The van der Waals surface area contributed by atoms with E-state index >= 15 is 0 Å². The van der Waals surface area contributed by atoms with Gasteiger partial charge < -0.3 is 19.9 Å². The predicted molar refractivity (Wildman–Crippen MR) is 100 cm³/mol. The number of anilines is 3. The summed E-state index contributed by atoms with van der Waals surface area (Å²) in [5.74, 6) is 1.02. The number of nitrogens with one attached hydrogen (secondary N) is 1. The summed E-state index contributed by atoms with van der Waals surface area (Å²) in [6, 6.07) is 7.13. The van der Waals surface area contributed by atoms with Crippen LogP contribution < -0.4 is 10.2 Å². The third-order valence-corrected chi connectivity index (χ3v) is 4.20. The van der Waals surface area contributed by atoms with Crippen LogP contribution in [0.2, 0.25) is 0 Å². The van der Waals surface area contributed by atoms with Gasteiger partial charge in [-0.2, -0.15) is 10.1 Å². The molecule has 0 unspecified atom stereocenters. The maximum Gasteiger partial charge on any atom is 0.409 e. The first kappa shape index (κ1) is 18.6. The van der Waals surface area contributed by atoms with E-state index in [1.54, 1.807) is 36.2 Å². The second-order valence-electron chi connectivity index (χ2n) is 6.07. The summed E-state index contributed by atoms with van der Waals surface area (Å²) in [5, 5.41) is 11.1. The molecular formula is C18H22N6O3. The number of nitrogens with zero attached hydrogens (tertiary/aromatic N) is 5. The zero-order valence-corrected chi connectivity index (χ0v) is 15.4. The monoisotopic (exact) mass is 370 g/mol. The van der Waals surface area contributed by atoms with E-state index in [0.29, 0.717) is 55.8 Å². The number of carbonyl (C=O) groups excluding carboxylic acids is 2. The number of hydrogen-bond acceptors (Lipinski definition) is 8. The number of carbonyl (C=O) groups is 2. The number of benzene rings is 1. The molecule has 0 atom stereocenters. The largest absolute Gasteiger partial charge is 0.450 e. The molecule has 1 aliphatic rings. The standard InChI is InChI=1S/C18H22N6O3/c1-3-27-18(26)24-9-7-23(8-10-24)16-12-19-22-17(21-16)20-15-6-4-5-14(11-15)13(2)25/h4-6,11-12H,3,7-10H2,1-2H3,(H,20,21,22). The van der Waals surface area contributed by atoms with Crippen LogP contribution in [0.25, 0.3) is 0 Å². The van der Waals surface area contributed by atoms with Crippen LogP contribution in [0, 0.1) is 0 Å². The Morgan fingerprint density at radius 3 is 2.70 bits per heavy atom. The Morgan fingerprint density at radius 2 is 2.00 bits per heavy atom. The van der Waals surface area contributed by atoms with Gasteiger partial charge in [0.05, 0.1) is 12.8 Å². The van der Waals surface area contributed by atoms with Gasteiger partial charge in [0.25, 0.3) is 0 Å². The number of amides is 1. The van der Waals surface area contributed by atoms with Gasteiger partial charge in [-0.25, -0.2) is 4.79 Å². The van der Waals surface area contributed by atoms with Crippen molar-refractivity contribution in [1.82, 2.24) is 20.1 Å². The number of Topliss-reactive ketones (excluding diaryl/α,β-unsaturated/α-hetero) is 1. The van der Waals surface area contributed by atoms with Gasteiger partial charge in [0.1, 0.15) is 0 Å². The molecule has 1 aromatic carbocycles. The third-order valence-electron chi connectivity index (χ3n) is 4.20. The highest BCUT2D eigenvalue weighted by atomic mass is 16.6. The third kappa shape index (κ3) is 4.69. The number of rotatable bonds is 5. The minimum absolute atomic E-state index is 0.00841. The smallest absolute Gasteiger partial charge is 0.409 e. The van der Waals surface area contributed by atoms with Crippen LogP contribution in [0.3, 0.4) is 0 Å². The number of ketones is 1. The van der Waals surface area contributed by atoms with Crippen molar-refractivity contribution < 1.29 is 14.3 Å². The topological polar surface area (TPSA) is 101 Å².